The zero-order valence-electron chi connectivity index (χ0n) is 18.1. The predicted octanol–water partition coefficient (Wildman–Crippen LogP) is 7.33. The van der Waals surface area contributed by atoms with Crippen molar-refractivity contribution in [3.63, 3.8) is 0 Å². The first-order chi connectivity index (χ1) is 15.7. The van der Waals surface area contributed by atoms with Crippen LogP contribution < -0.4 is 10.1 Å². The Kier molecular flexibility index (Phi) is 6.23. The lowest BCUT2D eigenvalue weighted by Gasteiger charge is -2.12. The van der Waals surface area contributed by atoms with Crippen LogP contribution in [0.1, 0.15) is 53.4 Å². The van der Waals surface area contributed by atoms with E-state index in [-0.39, 0.29) is 5.91 Å². The number of hydrogen-bond acceptors (Lipinski definition) is 5. The molecular weight excluding hydrogens is 436 g/mol. The molecule has 2 aromatic carbocycles. The summed E-state index contributed by atoms with van der Waals surface area (Å²) >= 11 is 3.42. The van der Waals surface area contributed by atoms with E-state index in [4.69, 9.17) is 9.72 Å². The maximum absolute atomic E-state index is 13.2. The first-order valence-corrected chi connectivity index (χ1v) is 12.9. The number of unbranched alkanes of at least 4 members (excludes halogenated alkanes) is 1. The van der Waals surface area contributed by atoms with Crippen LogP contribution in [-0.2, 0) is 12.8 Å². The SMILES string of the molecule is CCCCOc1cccc(C(=O)Nc2sc3c(c2-c2nc4ccccc4s2)CCCC3)c1. The molecule has 0 aliphatic heterocycles. The molecule has 32 heavy (non-hydrogen) atoms. The molecule has 0 atom stereocenters. The molecule has 1 amide bonds. The van der Waals surface area contributed by atoms with E-state index in [0.29, 0.717) is 12.2 Å². The number of ether oxygens (including phenoxy) is 1. The number of rotatable bonds is 7. The van der Waals surface area contributed by atoms with E-state index in [9.17, 15) is 4.79 Å². The van der Waals surface area contributed by atoms with Crippen LogP contribution in [0.15, 0.2) is 48.5 Å². The van der Waals surface area contributed by atoms with Gasteiger partial charge >= 0.3 is 0 Å². The standard InChI is InChI=1S/C26H26N2O2S2/c1-2-3-15-30-18-10-8-9-17(16-18)24(29)28-26-23(19-11-4-6-13-21(19)31-26)25-27-20-12-5-7-14-22(20)32-25/h5,7-10,12,14,16H,2-4,6,11,13,15H2,1H3,(H,28,29). The van der Waals surface area contributed by atoms with Crippen molar-refractivity contribution in [3.8, 4) is 16.3 Å². The number of amides is 1. The van der Waals surface area contributed by atoms with Crippen LogP contribution in [0.4, 0.5) is 5.00 Å². The van der Waals surface area contributed by atoms with Gasteiger partial charge < -0.3 is 10.1 Å². The summed E-state index contributed by atoms with van der Waals surface area (Å²) in [5, 5.41) is 5.12. The quantitative estimate of drug-likeness (QED) is 0.292. The van der Waals surface area contributed by atoms with Gasteiger partial charge in [-0.05, 0) is 68.0 Å². The third-order valence-electron chi connectivity index (χ3n) is 5.77. The Balaban J connectivity index is 1.47. The van der Waals surface area contributed by atoms with Gasteiger partial charge in [0.25, 0.3) is 5.91 Å². The van der Waals surface area contributed by atoms with Crippen LogP contribution in [-0.4, -0.2) is 17.5 Å². The topological polar surface area (TPSA) is 51.2 Å². The number of thiazole rings is 1. The first kappa shape index (κ1) is 21.2. The van der Waals surface area contributed by atoms with Crippen LogP contribution in [0.25, 0.3) is 20.8 Å². The van der Waals surface area contributed by atoms with Crippen molar-refractivity contribution >= 4 is 43.8 Å². The summed E-state index contributed by atoms with van der Waals surface area (Å²) in [6.45, 7) is 2.80. The summed E-state index contributed by atoms with van der Waals surface area (Å²) in [4.78, 5) is 19.5. The average molecular weight is 463 g/mol. The highest BCUT2D eigenvalue weighted by Gasteiger charge is 2.25. The highest BCUT2D eigenvalue weighted by atomic mass is 32.1. The lowest BCUT2D eigenvalue weighted by molar-refractivity contribution is 0.102. The fourth-order valence-electron chi connectivity index (χ4n) is 4.10. The molecule has 164 valence electrons. The van der Waals surface area contributed by atoms with E-state index in [2.05, 4.69) is 24.4 Å². The minimum absolute atomic E-state index is 0.105. The molecule has 0 saturated heterocycles. The van der Waals surface area contributed by atoms with Crippen LogP contribution >= 0.6 is 22.7 Å². The third-order valence-corrected chi connectivity index (χ3v) is 8.03. The summed E-state index contributed by atoms with van der Waals surface area (Å²) < 4.78 is 6.97. The molecule has 5 rings (SSSR count). The zero-order chi connectivity index (χ0) is 21.9. The molecule has 4 nitrogen and oxygen atoms in total. The predicted molar refractivity (Wildman–Crippen MR) is 134 cm³/mol. The van der Waals surface area contributed by atoms with Gasteiger partial charge in [-0.1, -0.05) is 31.5 Å². The zero-order valence-corrected chi connectivity index (χ0v) is 19.8. The monoisotopic (exact) mass is 462 g/mol. The number of nitrogens with zero attached hydrogens (tertiary/aromatic N) is 1. The van der Waals surface area contributed by atoms with E-state index in [0.717, 1.165) is 52.5 Å². The number of aryl methyl sites for hydroxylation is 1. The second-order valence-electron chi connectivity index (χ2n) is 8.09. The molecule has 0 saturated carbocycles. The van der Waals surface area contributed by atoms with Gasteiger partial charge in [0.2, 0.25) is 0 Å². The van der Waals surface area contributed by atoms with Gasteiger partial charge in [-0.3, -0.25) is 4.79 Å². The lowest BCUT2D eigenvalue weighted by Crippen LogP contribution is -2.12. The smallest absolute Gasteiger partial charge is 0.256 e. The number of carbonyl (C=O) groups is 1. The van der Waals surface area contributed by atoms with Crippen molar-refractivity contribution in [2.45, 2.75) is 45.4 Å². The largest absolute Gasteiger partial charge is 0.494 e. The van der Waals surface area contributed by atoms with Crippen molar-refractivity contribution < 1.29 is 9.53 Å². The van der Waals surface area contributed by atoms with Gasteiger partial charge in [-0.25, -0.2) is 4.98 Å². The van der Waals surface area contributed by atoms with E-state index in [1.807, 2.05) is 36.4 Å². The van der Waals surface area contributed by atoms with E-state index in [1.165, 1.54) is 28.0 Å². The summed E-state index contributed by atoms with van der Waals surface area (Å²) in [6, 6.07) is 15.7. The molecule has 4 aromatic rings. The number of nitrogens with one attached hydrogen (secondary N) is 1. The lowest BCUT2D eigenvalue weighted by atomic mass is 9.95. The molecule has 0 fully saturated rings. The summed E-state index contributed by atoms with van der Waals surface area (Å²) in [5.41, 5.74) is 4.11. The maximum atomic E-state index is 13.2. The van der Waals surface area contributed by atoms with Crippen molar-refractivity contribution in [2.24, 2.45) is 0 Å². The Bertz CT molecular complexity index is 1220. The van der Waals surface area contributed by atoms with Gasteiger partial charge in [0.05, 0.1) is 16.8 Å². The highest BCUT2D eigenvalue weighted by Crippen LogP contribution is 2.46. The van der Waals surface area contributed by atoms with Gasteiger partial charge in [-0.15, -0.1) is 22.7 Å². The molecule has 2 heterocycles. The van der Waals surface area contributed by atoms with Crippen molar-refractivity contribution in [1.82, 2.24) is 4.98 Å². The number of benzene rings is 2. The number of anilines is 1. The minimum Gasteiger partial charge on any atom is -0.494 e. The van der Waals surface area contributed by atoms with Gasteiger partial charge in [0.1, 0.15) is 15.8 Å². The second kappa shape index (κ2) is 9.43. The Labute approximate surface area is 196 Å². The molecule has 1 N–H and O–H groups in total. The molecule has 6 heteroatoms. The number of carbonyl (C=O) groups excluding carboxylic acids is 1. The third kappa shape index (κ3) is 4.30. The van der Waals surface area contributed by atoms with Crippen LogP contribution in [0, 0.1) is 0 Å². The first-order valence-electron chi connectivity index (χ1n) is 11.3. The van der Waals surface area contributed by atoms with Gasteiger partial charge in [0.15, 0.2) is 0 Å². The van der Waals surface area contributed by atoms with Crippen LogP contribution in [0.2, 0.25) is 0 Å². The van der Waals surface area contributed by atoms with Crippen molar-refractivity contribution in [2.75, 3.05) is 11.9 Å². The van der Waals surface area contributed by atoms with Crippen molar-refractivity contribution in [3.05, 3.63) is 64.5 Å². The van der Waals surface area contributed by atoms with Crippen LogP contribution in [0.5, 0.6) is 5.75 Å². The highest BCUT2D eigenvalue weighted by molar-refractivity contribution is 7.23. The Morgan fingerprint density at radius 1 is 1.09 bits per heavy atom. The molecule has 0 radical (unpaired) electrons. The number of para-hydroxylation sites is 1. The normalized spacial score (nSPS) is 13.2. The van der Waals surface area contributed by atoms with E-state index >= 15 is 0 Å². The average Bonchev–Trinajstić information content (AvgIpc) is 3.40. The fraction of sp³-hybridized carbons (Fsp3) is 0.308. The summed E-state index contributed by atoms with van der Waals surface area (Å²) in [7, 11) is 0. The Morgan fingerprint density at radius 2 is 1.97 bits per heavy atom. The molecule has 0 unspecified atom stereocenters. The number of thiophene rings is 1. The minimum atomic E-state index is -0.105. The van der Waals surface area contributed by atoms with Crippen molar-refractivity contribution in [1.29, 1.82) is 0 Å². The van der Waals surface area contributed by atoms with Crippen LogP contribution in [0.3, 0.4) is 0 Å². The van der Waals surface area contributed by atoms with Gasteiger partial charge in [0, 0.05) is 16.0 Å². The molecule has 0 bridgehead atoms. The fourth-order valence-corrected chi connectivity index (χ4v) is 6.49. The number of aromatic nitrogens is 1. The van der Waals surface area contributed by atoms with E-state index in [1.54, 1.807) is 22.7 Å². The summed E-state index contributed by atoms with van der Waals surface area (Å²) in [5.74, 6) is 0.634. The van der Waals surface area contributed by atoms with Gasteiger partial charge in [-0.2, -0.15) is 0 Å². The number of hydrogen-bond donors (Lipinski definition) is 1. The Hall–Kier alpha value is -2.70. The molecule has 2 aromatic heterocycles. The Morgan fingerprint density at radius 3 is 2.84 bits per heavy atom. The molecule has 0 spiro atoms. The van der Waals surface area contributed by atoms with E-state index < -0.39 is 0 Å². The number of fused-ring (bicyclic) bond motifs is 2. The molecule has 1 aliphatic rings. The summed E-state index contributed by atoms with van der Waals surface area (Å²) in [6.07, 6.45) is 6.60. The molecular formula is C26H26N2O2S2. The second-order valence-corrected chi connectivity index (χ2v) is 10.2. The maximum Gasteiger partial charge on any atom is 0.256 e. The molecule has 1 aliphatic carbocycles.